The Labute approximate surface area is 96.0 Å². The minimum absolute atomic E-state index is 0.660. The van der Waals surface area contributed by atoms with Crippen molar-refractivity contribution in [2.45, 2.75) is 26.7 Å². The van der Waals surface area contributed by atoms with Crippen LogP contribution < -0.4 is 5.32 Å². The molecule has 0 aromatic rings. The van der Waals surface area contributed by atoms with Gasteiger partial charge in [0.25, 0.3) is 0 Å². The largest absolute Gasteiger partial charge is 0.316 e. The lowest BCUT2D eigenvalue weighted by molar-refractivity contribution is 0.385. The third kappa shape index (κ3) is 5.47. The summed E-state index contributed by atoms with van der Waals surface area (Å²) in [6.07, 6.45) is 6.67. The van der Waals surface area contributed by atoms with Crippen LogP contribution in [-0.2, 0) is 10.8 Å². The highest BCUT2D eigenvalue weighted by Crippen LogP contribution is 2.26. The molecule has 0 saturated carbocycles. The quantitative estimate of drug-likeness (QED) is 0.577. The van der Waals surface area contributed by atoms with Crippen LogP contribution in [0.5, 0.6) is 0 Å². The maximum atomic E-state index is 10.9. The van der Waals surface area contributed by atoms with Crippen LogP contribution in [0.1, 0.15) is 26.7 Å². The minimum Gasteiger partial charge on any atom is -0.316 e. The van der Waals surface area contributed by atoms with E-state index in [4.69, 9.17) is 0 Å². The van der Waals surface area contributed by atoms with Crippen molar-refractivity contribution in [2.75, 3.05) is 25.1 Å². The van der Waals surface area contributed by atoms with Gasteiger partial charge in [0.15, 0.2) is 0 Å². The lowest BCUT2D eigenvalue weighted by Gasteiger charge is -2.25. The van der Waals surface area contributed by atoms with Gasteiger partial charge in [-0.15, -0.1) is 0 Å². The zero-order valence-corrected chi connectivity index (χ0v) is 10.9. The van der Waals surface area contributed by atoms with Crippen molar-refractivity contribution in [1.29, 1.82) is 0 Å². The van der Waals surface area contributed by atoms with Crippen molar-refractivity contribution in [3.8, 4) is 0 Å². The van der Waals surface area contributed by atoms with Crippen LogP contribution in [0.25, 0.3) is 0 Å². The van der Waals surface area contributed by atoms with Gasteiger partial charge >= 0.3 is 0 Å². The number of hydrogen-bond acceptors (Lipinski definition) is 2. The Kier molecular flexibility index (Phi) is 5.54. The molecule has 2 nitrogen and oxygen atoms in total. The summed E-state index contributed by atoms with van der Waals surface area (Å²) in [6, 6.07) is 0. The molecule has 0 aromatic carbocycles. The molecule has 0 radical (unpaired) electrons. The lowest BCUT2D eigenvalue weighted by Crippen LogP contribution is -2.28. The van der Waals surface area contributed by atoms with Gasteiger partial charge in [-0.25, -0.2) is 0 Å². The second kappa shape index (κ2) is 6.44. The number of rotatable bonds is 5. The zero-order valence-electron chi connectivity index (χ0n) is 10.1. The van der Waals surface area contributed by atoms with E-state index < -0.39 is 10.8 Å². The Morgan fingerprint density at radius 3 is 2.93 bits per heavy atom. The van der Waals surface area contributed by atoms with Crippen LogP contribution in [0.4, 0.5) is 0 Å². The highest BCUT2D eigenvalue weighted by atomic mass is 32.2. The molecule has 3 heteroatoms. The molecule has 1 aliphatic rings. The summed E-state index contributed by atoms with van der Waals surface area (Å²) in [5, 5.41) is 3.41. The van der Waals surface area contributed by atoms with Gasteiger partial charge in [-0.1, -0.05) is 18.6 Å². The van der Waals surface area contributed by atoms with Crippen molar-refractivity contribution < 1.29 is 4.21 Å². The van der Waals surface area contributed by atoms with E-state index in [0.29, 0.717) is 0 Å². The lowest BCUT2D eigenvalue weighted by atomic mass is 9.84. The average Bonchev–Trinajstić information content (AvgIpc) is 2.10. The van der Waals surface area contributed by atoms with E-state index in [2.05, 4.69) is 25.2 Å². The van der Waals surface area contributed by atoms with Crippen molar-refractivity contribution in [2.24, 2.45) is 11.8 Å². The van der Waals surface area contributed by atoms with Gasteiger partial charge in [-0.05, 0) is 38.1 Å². The molecule has 0 heterocycles. The summed E-state index contributed by atoms with van der Waals surface area (Å²) in [5.74, 6) is 2.28. The van der Waals surface area contributed by atoms with Crippen molar-refractivity contribution in [3.63, 3.8) is 0 Å². The Morgan fingerprint density at radius 2 is 2.33 bits per heavy atom. The van der Waals surface area contributed by atoms with E-state index in [0.717, 1.165) is 30.7 Å². The van der Waals surface area contributed by atoms with Crippen LogP contribution in [0.3, 0.4) is 0 Å². The molecule has 0 spiro atoms. The minimum atomic E-state index is -0.660. The van der Waals surface area contributed by atoms with E-state index in [1.54, 1.807) is 6.26 Å². The molecule has 1 N–H and O–H groups in total. The number of hydrogen-bond donors (Lipinski definition) is 1. The summed E-state index contributed by atoms with van der Waals surface area (Å²) in [7, 11) is -0.660. The van der Waals surface area contributed by atoms with Crippen LogP contribution in [-0.4, -0.2) is 29.3 Å². The third-order valence-corrected chi connectivity index (χ3v) is 3.66. The Balaban J connectivity index is 2.17. The third-order valence-electron chi connectivity index (χ3n) is 2.88. The summed E-state index contributed by atoms with van der Waals surface area (Å²) in [6.45, 7) is 6.48. The predicted molar refractivity (Wildman–Crippen MR) is 67.4 cm³/mol. The van der Waals surface area contributed by atoms with Gasteiger partial charge in [0.05, 0.1) is 0 Å². The van der Waals surface area contributed by atoms with Crippen molar-refractivity contribution >= 4 is 10.8 Å². The van der Waals surface area contributed by atoms with Gasteiger partial charge in [-0.2, -0.15) is 0 Å². The van der Waals surface area contributed by atoms with Crippen LogP contribution in [0.15, 0.2) is 11.6 Å². The van der Waals surface area contributed by atoms with Crippen LogP contribution in [0, 0.1) is 11.8 Å². The summed E-state index contributed by atoms with van der Waals surface area (Å²) < 4.78 is 10.9. The highest BCUT2D eigenvalue weighted by Gasteiger charge is 2.17. The summed E-state index contributed by atoms with van der Waals surface area (Å²) in [5.41, 5.74) is 1.53. The van der Waals surface area contributed by atoms with E-state index in [-0.39, 0.29) is 0 Å². The average molecular weight is 229 g/mol. The fraction of sp³-hybridized carbons (Fsp3) is 0.833. The molecule has 0 saturated heterocycles. The van der Waals surface area contributed by atoms with Gasteiger partial charge in [0.1, 0.15) is 0 Å². The van der Waals surface area contributed by atoms with E-state index >= 15 is 0 Å². The zero-order chi connectivity index (χ0) is 11.3. The van der Waals surface area contributed by atoms with Crippen LogP contribution in [0.2, 0.25) is 0 Å². The standard InChI is InChI=1S/C12H23NOS/c1-10-6-11(2)8-12(7-10)9-13-4-5-15(3)14/h6,10,12-13H,4-5,7-9H2,1-3H3. The van der Waals surface area contributed by atoms with Crippen LogP contribution >= 0.6 is 0 Å². The topological polar surface area (TPSA) is 29.1 Å². The fourth-order valence-electron chi connectivity index (χ4n) is 2.36. The molecule has 3 unspecified atom stereocenters. The number of allylic oxidation sites excluding steroid dienone is 2. The molecule has 0 amide bonds. The Bertz CT molecular complexity index is 250. The van der Waals surface area contributed by atoms with Gasteiger partial charge < -0.3 is 5.32 Å². The first-order valence-electron chi connectivity index (χ1n) is 5.76. The molecular formula is C12H23NOS. The first-order valence-corrected chi connectivity index (χ1v) is 7.48. The monoisotopic (exact) mass is 229 g/mol. The maximum Gasteiger partial charge on any atom is 0.0357 e. The normalized spacial score (nSPS) is 28.6. The summed E-state index contributed by atoms with van der Waals surface area (Å²) in [4.78, 5) is 0. The molecule has 1 rings (SSSR count). The second-order valence-corrected chi connectivity index (χ2v) is 6.33. The first-order chi connectivity index (χ1) is 7.08. The summed E-state index contributed by atoms with van der Waals surface area (Å²) >= 11 is 0. The molecular weight excluding hydrogens is 206 g/mol. The molecule has 88 valence electrons. The maximum absolute atomic E-state index is 10.9. The van der Waals surface area contributed by atoms with Gasteiger partial charge in [-0.3, -0.25) is 4.21 Å². The highest BCUT2D eigenvalue weighted by molar-refractivity contribution is 7.84. The molecule has 0 bridgehead atoms. The molecule has 1 aliphatic carbocycles. The SMILES string of the molecule is CC1=CC(C)CC(CNCCS(C)=O)C1. The first kappa shape index (κ1) is 12.9. The van der Waals surface area contributed by atoms with Crippen molar-refractivity contribution in [1.82, 2.24) is 5.32 Å². The molecule has 3 atom stereocenters. The Hall–Kier alpha value is -0.150. The van der Waals surface area contributed by atoms with Gasteiger partial charge in [0, 0.05) is 29.4 Å². The van der Waals surface area contributed by atoms with E-state index in [1.807, 2.05) is 0 Å². The van der Waals surface area contributed by atoms with E-state index in [9.17, 15) is 4.21 Å². The number of nitrogens with one attached hydrogen (secondary N) is 1. The molecule has 0 aromatic heterocycles. The Morgan fingerprint density at radius 1 is 1.60 bits per heavy atom. The molecule has 15 heavy (non-hydrogen) atoms. The fourth-order valence-corrected chi connectivity index (χ4v) is 2.80. The molecule has 0 fully saturated rings. The van der Waals surface area contributed by atoms with E-state index in [1.165, 1.54) is 18.4 Å². The predicted octanol–water partition coefficient (Wildman–Crippen LogP) is 1.95. The molecule has 0 aliphatic heterocycles. The smallest absolute Gasteiger partial charge is 0.0357 e. The van der Waals surface area contributed by atoms with Crippen molar-refractivity contribution in [3.05, 3.63) is 11.6 Å². The second-order valence-electron chi connectivity index (χ2n) is 4.78. The van der Waals surface area contributed by atoms with Gasteiger partial charge in [0.2, 0.25) is 0 Å².